The van der Waals surface area contributed by atoms with Crippen molar-refractivity contribution in [1.29, 1.82) is 0 Å². The second-order valence-electron chi connectivity index (χ2n) is 6.35. The predicted octanol–water partition coefficient (Wildman–Crippen LogP) is 2.73. The molecule has 2 aromatic rings. The lowest BCUT2D eigenvalue weighted by atomic mass is 9.84. The highest BCUT2D eigenvalue weighted by molar-refractivity contribution is 6.05. The van der Waals surface area contributed by atoms with Gasteiger partial charge in [0, 0.05) is 17.6 Å². The van der Waals surface area contributed by atoms with Gasteiger partial charge in [-0.1, -0.05) is 45.0 Å². The van der Waals surface area contributed by atoms with Gasteiger partial charge in [0.1, 0.15) is 5.69 Å². The minimum atomic E-state index is -0.139. The van der Waals surface area contributed by atoms with Crippen LogP contribution in [0.2, 0.25) is 0 Å². The quantitative estimate of drug-likeness (QED) is 0.907. The Morgan fingerprint density at radius 2 is 2.00 bits per heavy atom. The summed E-state index contributed by atoms with van der Waals surface area (Å²) in [6.07, 6.45) is 2.42. The highest BCUT2D eigenvalue weighted by Crippen LogP contribution is 2.23. The molecule has 1 unspecified atom stereocenters. The summed E-state index contributed by atoms with van der Waals surface area (Å²) in [5, 5.41) is 4.98. The van der Waals surface area contributed by atoms with Gasteiger partial charge in [-0.25, -0.2) is 0 Å². The molecule has 0 aliphatic heterocycles. The Morgan fingerprint density at radius 3 is 2.67 bits per heavy atom. The van der Waals surface area contributed by atoms with E-state index in [1.807, 2.05) is 30.3 Å². The molecule has 0 spiro atoms. The molecule has 0 aliphatic rings. The van der Waals surface area contributed by atoms with Crippen LogP contribution >= 0.6 is 0 Å². The van der Waals surface area contributed by atoms with E-state index in [4.69, 9.17) is 5.73 Å². The number of pyridine rings is 1. The van der Waals surface area contributed by atoms with Crippen molar-refractivity contribution in [3.63, 3.8) is 0 Å². The third kappa shape index (κ3) is 3.58. The molecule has 1 atom stereocenters. The second-order valence-corrected chi connectivity index (χ2v) is 6.35. The summed E-state index contributed by atoms with van der Waals surface area (Å²) >= 11 is 0. The molecule has 2 rings (SSSR count). The zero-order valence-electron chi connectivity index (χ0n) is 12.9. The van der Waals surface area contributed by atoms with Crippen molar-refractivity contribution in [3.8, 4) is 0 Å². The summed E-state index contributed by atoms with van der Waals surface area (Å²) < 4.78 is 0. The molecule has 0 saturated carbocycles. The van der Waals surface area contributed by atoms with Gasteiger partial charge in [-0.3, -0.25) is 9.78 Å². The van der Waals surface area contributed by atoms with Crippen molar-refractivity contribution in [3.05, 3.63) is 42.2 Å². The molecular formula is C17H23N3O. The summed E-state index contributed by atoms with van der Waals surface area (Å²) in [6, 6.07) is 9.71. The fourth-order valence-electron chi connectivity index (χ4n) is 2.42. The van der Waals surface area contributed by atoms with E-state index >= 15 is 0 Å². The molecule has 3 N–H and O–H groups in total. The Morgan fingerprint density at radius 1 is 1.29 bits per heavy atom. The first-order chi connectivity index (χ1) is 9.93. The minimum absolute atomic E-state index is 0.0239. The standard InChI is InChI=1S/C17H23N3O/c1-17(2,3)14(8-10-18)20-16(21)15-13-7-5-4-6-12(13)9-11-19-15/h4-7,9,11,14H,8,10,18H2,1-3H3,(H,20,21). The van der Waals surface area contributed by atoms with Gasteiger partial charge in [0.25, 0.3) is 5.91 Å². The highest BCUT2D eigenvalue weighted by atomic mass is 16.1. The first-order valence-electron chi connectivity index (χ1n) is 7.28. The van der Waals surface area contributed by atoms with Crippen molar-refractivity contribution < 1.29 is 4.79 Å². The van der Waals surface area contributed by atoms with Gasteiger partial charge in [0.05, 0.1) is 0 Å². The van der Waals surface area contributed by atoms with Crippen LogP contribution in [0.5, 0.6) is 0 Å². The van der Waals surface area contributed by atoms with Gasteiger partial charge < -0.3 is 11.1 Å². The number of amides is 1. The second kappa shape index (κ2) is 6.22. The fourth-order valence-corrected chi connectivity index (χ4v) is 2.42. The molecule has 0 radical (unpaired) electrons. The van der Waals surface area contributed by atoms with E-state index in [0.29, 0.717) is 12.2 Å². The first kappa shape index (κ1) is 15.4. The van der Waals surface area contributed by atoms with E-state index in [9.17, 15) is 4.79 Å². The zero-order chi connectivity index (χ0) is 15.5. The molecule has 0 fully saturated rings. The molecule has 4 heteroatoms. The lowest BCUT2D eigenvalue weighted by Gasteiger charge is -2.31. The average Bonchev–Trinajstić information content (AvgIpc) is 2.45. The third-order valence-electron chi connectivity index (χ3n) is 3.69. The Kier molecular flexibility index (Phi) is 4.58. The lowest BCUT2D eigenvalue weighted by molar-refractivity contribution is 0.0895. The van der Waals surface area contributed by atoms with Crippen LogP contribution < -0.4 is 11.1 Å². The van der Waals surface area contributed by atoms with Crippen molar-refractivity contribution in [1.82, 2.24) is 10.3 Å². The number of hydrogen-bond acceptors (Lipinski definition) is 3. The third-order valence-corrected chi connectivity index (χ3v) is 3.69. The summed E-state index contributed by atoms with van der Waals surface area (Å²) in [5.41, 5.74) is 6.09. The highest BCUT2D eigenvalue weighted by Gasteiger charge is 2.26. The van der Waals surface area contributed by atoms with Crippen molar-refractivity contribution in [2.45, 2.75) is 33.2 Å². The minimum Gasteiger partial charge on any atom is -0.347 e. The maximum absolute atomic E-state index is 12.6. The summed E-state index contributed by atoms with van der Waals surface area (Å²) in [7, 11) is 0. The summed E-state index contributed by atoms with van der Waals surface area (Å²) in [6.45, 7) is 6.85. The largest absolute Gasteiger partial charge is 0.347 e. The van der Waals surface area contributed by atoms with E-state index in [-0.39, 0.29) is 17.4 Å². The Balaban J connectivity index is 2.30. The van der Waals surface area contributed by atoms with Crippen molar-refractivity contribution >= 4 is 16.7 Å². The number of nitrogens with zero attached hydrogens (tertiary/aromatic N) is 1. The van der Waals surface area contributed by atoms with Gasteiger partial charge in [0.15, 0.2) is 0 Å². The van der Waals surface area contributed by atoms with Crippen LogP contribution in [-0.2, 0) is 0 Å². The number of benzene rings is 1. The van der Waals surface area contributed by atoms with Gasteiger partial charge >= 0.3 is 0 Å². The number of aromatic nitrogens is 1. The molecule has 0 bridgehead atoms. The van der Waals surface area contributed by atoms with Crippen LogP contribution in [0.4, 0.5) is 0 Å². The lowest BCUT2D eigenvalue weighted by Crippen LogP contribution is -2.45. The van der Waals surface area contributed by atoms with Crippen molar-refractivity contribution in [2.75, 3.05) is 6.54 Å². The maximum Gasteiger partial charge on any atom is 0.270 e. The molecule has 1 aromatic carbocycles. The molecule has 4 nitrogen and oxygen atoms in total. The molecule has 1 aromatic heterocycles. The topological polar surface area (TPSA) is 68.0 Å². The number of nitrogens with two attached hydrogens (primary N) is 1. The maximum atomic E-state index is 12.6. The van der Waals surface area contributed by atoms with Gasteiger partial charge in [0.2, 0.25) is 0 Å². The average molecular weight is 285 g/mol. The molecule has 112 valence electrons. The van der Waals surface area contributed by atoms with E-state index in [2.05, 4.69) is 31.1 Å². The van der Waals surface area contributed by atoms with Crippen LogP contribution in [0.3, 0.4) is 0 Å². The van der Waals surface area contributed by atoms with E-state index in [1.54, 1.807) is 6.20 Å². The summed E-state index contributed by atoms with van der Waals surface area (Å²) in [5.74, 6) is -0.139. The van der Waals surface area contributed by atoms with Gasteiger partial charge in [-0.05, 0) is 29.8 Å². The number of rotatable bonds is 4. The van der Waals surface area contributed by atoms with Crippen LogP contribution in [0, 0.1) is 5.41 Å². The number of hydrogen-bond donors (Lipinski definition) is 2. The van der Waals surface area contributed by atoms with Crippen LogP contribution in [0.1, 0.15) is 37.7 Å². The van der Waals surface area contributed by atoms with E-state index < -0.39 is 0 Å². The van der Waals surface area contributed by atoms with Crippen LogP contribution in [0.25, 0.3) is 10.8 Å². The monoisotopic (exact) mass is 285 g/mol. The normalized spacial score (nSPS) is 13.1. The van der Waals surface area contributed by atoms with Gasteiger partial charge in [-0.15, -0.1) is 0 Å². The first-order valence-corrected chi connectivity index (χ1v) is 7.28. The fraction of sp³-hybridized carbons (Fsp3) is 0.412. The SMILES string of the molecule is CC(C)(C)C(CCN)NC(=O)c1nccc2ccccc12. The van der Waals surface area contributed by atoms with E-state index in [0.717, 1.165) is 17.2 Å². The zero-order valence-corrected chi connectivity index (χ0v) is 12.9. The number of carbonyl (C=O) groups excluding carboxylic acids is 1. The Hall–Kier alpha value is -1.94. The Bertz CT molecular complexity index is 626. The molecule has 1 amide bonds. The van der Waals surface area contributed by atoms with Gasteiger partial charge in [-0.2, -0.15) is 0 Å². The molecule has 0 saturated heterocycles. The summed E-state index contributed by atoms with van der Waals surface area (Å²) in [4.78, 5) is 16.8. The predicted molar refractivity (Wildman–Crippen MR) is 86.1 cm³/mol. The van der Waals surface area contributed by atoms with Crippen LogP contribution in [-0.4, -0.2) is 23.5 Å². The molecule has 0 aliphatic carbocycles. The Labute approximate surface area is 125 Å². The number of nitrogens with one attached hydrogen (secondary N) is 1. The van der Waals surface area contributed by atoms with Crippen molar-refractivity contribution in [2.24, 2.45) is 11.1 Å². The number of carbonyl (C=O) groups is 1. The van der Waals surface area contributed by atoms with Crippen LogP contribution in [0.15, 0.2) is 36.5 Å². The smallest absolute Gasteiger partial charge is 0.270 e. The molecule has 1 heterocycles. The molecule has 21 heavy (non-hydrogen) atoms. The number of fused-ring (bicyclic) bond motifs is 1. The molecular weight excluding hydrogens is 262 g/mol. The van der Waals surface area contributed by atoms with E-state index in [1.165, 1.54) is 0 Å².